The summed E-state index contributed by atoms with van der Waals surface area (Å²) in [4.78, 5) is 25.6. The largest absolute Gasteiger partial charge is 0.490 e. The van der Waals surface area contributed by atoms with Crippen molar-refractivity contribution in [1.29, 1.82) is 0 Å². The standard InChI is InChI=1S/C22H33N3O4/c1-3-28-19-10-8-17(15-20(19)29-4-2)9-11-21(26)24-12-6-14-25-13-5-7-18(16-25)22(23)27/h8-11,15,18H,3-7,12-14,16H2,1-2H3,(H2,23,27)(H,24,26)/b11-9+. The Labute approximate surface area is 173 Å². The lowest BCUT2D eigenvalue weighted by Crippen LogP contribution is -2.42. The monoisotopic (exact) mass is 403 g/mol. The zero-order valence-corrected chi connectivity index (χ0v) is 17.5. The molecular weight excluding hydrogens is 370 g/mol. The van der Waals surface area contributed by atoms with Gasteiger partial charge in [0.1, 0.15) is 0 Å². The molecule has 0 saturated carbocycles. The minimum absolute atomic E-state index is 0.0445. The summed E-state index contributed by atoms with van der Waals surface area (Å²) in [5.41, 5.74) is 6.28. The predicted molar refractivity (Wildman–Crippen MR) is 114 cm³/mol. The van der Waals surface area contributed by atoms with E-state index < -0.39 is 0 Å². The van der Waals surface area contributed by atoms with Gasteiger partial charge in [0.25, 0.3) is 0 Å². The highest BCUT2D eigenvalue weighted by Gasteiger charge is 2.23. The van der Waals surface area contributed by atoms with Gasteiger partial charge < -0.3 is 25.4 Å². The molecule has 7 nitrogen and oxygen atoms in total. The third-order valence-electron chi connectivity index (χ3n) is 4.85. The summed E-state index contributed by atoms with van der Waals surface area (Å²) in [5, 5.41) is 2.90. The van der Waals surface area contributed by atoms with Crippen LogP contribution < -0.4 is 20.5 Å². The van der Waals surface area contributed by atoms with E-state index in [0.29, 0.717) is 31.3 Å². The van der Waals surface area contributed by atoms with E-state index in [2.05, 4.69) is 10.2 Å². The second-order valence-corrected chi connectivity index (χ2v) is 7.09. The Hall–Kier alpha value is -2.54. The number of rotatable bonds is 11. The van der Waals surface area contributed by atoms with Crippen molar-refractivity contribution in [2.75, 3.05) is 39.4 Å². The molecule has 1 aliphatic rings. The van der Waals surface area contributed by atoms with Crippen LogP contribution in [0.1, 0.15) is 38.7 Å². The molecule has 0 radical (unpaired) electrons. The summed E-state index contributed by atoms with van der Waals surface area (Å²) in [6.07, 6.45) is 5.99. The molecule has 1 aromatic rings. The van der Waals surface area contributed by atoms with Crippen molar-refractivity contribution in [2.24, 2.45) is 11.7 Å². The van der Waals surface area contributed by atoms with Crippen LogP contribution in [0.15, 0.2) is 24.3 Å². The minimum Gasteiger partial charge on any atom is -0.490 e. The van der Waals surface area contributed by atoms with Gasteiger partial charge in [0.05, 0.1) is 19.1 Å². The van der Waals surface area contributed by atoms with Crippen LogP contribution in [0.3, 0.4) is 0 Å². The summed E-state index contributed by atoms with van der Waals surface area (Å²) in [5.74, 6) is 0.984. The van der Waals surface area contributed by atoms with Crippen molar-refractivity contribution in [3.05, 3.63) is 29.8 Å². The van der Waals surface area contributed by atoms with Crippen molar-refractivity contribution in [3.63, 3.8) is 0 Å². The number of nitrogens with zero attached hydrogens (tertiary/aromatic N) is 1. The topological polar surface area (TPSA) is 93.9 Å². The number of nitrogens with one attached hydrogen (secondary N) is 1. The molecule has 2 amide bonds. The first-order valence-electron chi connectivity index (χ1n) is 10.4. The maximum atomic E-state index is 12.1. The second-order valence-electron chi connectivity index (χ2n) is 7.09. The summed E-state index contributed by atoms with van der Waals surface area (Å²) < 4.78 is 11.2. The summed E-state index contributed by atoms with van der Waals surface area (Å²) >= 11 is 0. The van der Waals surface area contributed by atoms with E-state index in [-0.39, 0.29) is 17.7 Å². The Morgan fingerprint density at radius 1 is 1.24 bits per heavy atom. The zero-order valence-electron chi connectivity index (χ0n) is 17.5. The number of hydrogen-bond acceptors (Lipinski definition) is 5. The predicted octanol–water partition coefficient (Wildman–Crippen LogP) is 2.20. The molecule has 0 bridgehead atoms. The number of ether oxygens (including phenoxy) is 2. The fourth-order valence-electron chi connectivity index (χ4n) is 3.41. The quantitative estimate of drug-likeness (QED) is 0.436. The van der Waals surface area contributed by atoms with Gasteiger partial charge in [-0.1, -0.05) is 6.07 Å². The van der Waals surface area contributed by atoms with E-state index in [9.17, 15) is 9.59 Å². The SMILES string of the molecule is CCOc1ccc(/C=C/C(=O)NCCCN2CCCC(C(N)=O)C2)cc1OCC. The lowest BCUT2D eigenvalue weighted by atomic mass is 9.97. The number of benzene rings is 1. The van der Waals surface area contributed by atoms with Gasteiger partial charge in [0.2, 0.25) is 11.8 Å². The fourth-order valence-corrected chi connectivity index (χ4v) is 3.41. The van der Waals surface area contributed by atoms with Crippen LogP contribution in [0.4, 0.5) is 0 Å². The Morgan fingerprint density at radius 2 is 2.00 bits per heavy atom. The van der Waals surface area contributed by atoms with E-state index in [4.69, 9.17) is 15.2 Å². The zero-order chi connectivity index (χ0) is 21.1. The number of nitrogens with two attached hydrogens (primary N) is 1. The van der Waals surface area contributed by atoms with E-state index in [1.165, 1.54) is 6.08 Å². The molecule has 29 heavy (non-hydrogen) atoms. The van der Waals surface area contributed by atoms with Gasteiger partial charge in [0.15, 0.2) is 11.5 Å². The molecule has 1 fully saturated rings. The van der Waals surface area contributed by atoms with Crippen LogP contribution in [0.5, 0.6) is 11.5 Å². The van der Waals surface area contributed by atoms with E-state index in [1.807, 2.05) is 32.0 Å². The fraction of sp³-hybridized carbons (Fsp3) is 0.545. The maximum absolute atomic E-state index is 12.1. The molecule has 0 aromatic heterocycles. The first-order valence-corrected chi connectivity index (χ1v) is 10.4. The van der Waals surface area contributed by atoms with Gasteiger partial charge in [-0.3, -0.25) is 9.59 Å². The lowest BCUT2D eigenvalue weighted by Gasteiger charge is -2.31. The summed E-state index contributed by atoms with van der Waals surface area (Å²) in [6, 6.07) is 5.61. The third kappa shape index (κ3) is 7.77. The molecule has 3 N–H and O–H groups in total. The number of carbonyl (C=O) groups excluding carboxylic acids is 2. The first-order chi connectivity index (χ1) is 14.0. The average Bonchev–Trinajstić information content (AvgIpc) is 2.72. The highest BCUT2D eigenvalue weighted by Crippen LogP contribution is 2.29. The van der Waals surface area contributed by atoms with Crippen LogP contribution >= 0.6 is 0 Å². The smallest absolute Gasteiger partial charge is 0.243 e. The Balaban J connectivity index is 1.75. The lowest BCUT2D eigenvalue weighted by molar-refractivity contribution is -0.123. The third-order valence-corrected chi connectivity index (χ3v) is 4.85. The number of primary amides is 1. The van der Waals surface area contributed by atoms with Crippen LogP contribution in [0.25, 0.3) is 6.08 Å². The van der Waals surface area contributed by atoms with E-state index in [1.54, 1.807) is 6.08 Å². The van der Waals surface area contributed by atoms with E-state index >= 15 is 0 Å². The van der Waals surface area contributed by atoms with Crippen LogP contribution in [0, 0.1) is 5.92 Å². The van der Waals surface area contributed by atoms with E-state index in [0.717, 1.165) is 44.5 Å². The number of amides is 2. The van der Waals surface area contributed by atoms with Gasteiger partial charge in [-0.15, -0.1) is 0 Å². The summed E-state index contributed by atoms with van der Waals surface area (Å²) in [7, 11) is 0. The van der Waals surface area contributed by atoms with Gasteiger partial charge in [-0.05, 0) is 70.0 Å². The molecule has 1 aliphatic heterocycles. The number of hydrogen-bond donors (Lipinski definition) is 2. The molecule has 1 heterocycles. The minimum atomic E-state index is -0.213. The van der Waals surface area contributed by atoms with Gasteiger partial charge in [0, 0.05) is 19.2 Å². The van der Waals surface area contributed by atoms with Gasteiger partial charge in [-0.2, -0.15) is 0 Å². The molecule has 0 aliphatic carbocycles. The number of carbonyl (C=O) groups is 2. The number of likely N-dealkylation sites (tertiary alicyclic amines) is 1. The molecule has 1 atom stereocenters. The maximum Gasteiger partial charge on any atom is 0.243 e. The Bertz CT molecular complexity index is 705. The molecule has 1 saturated heterocycles. The van der Waals surface area contributed by atoms with Gasteiger partial charge in [-0.25, -0.2) is 0 Å². The van der Waals surface area contributed by atoms with Gasteiger partial charge >= 0.3 is 0 Å². The second kappa shape index (κ2) is 12.1. The summed E-state index contributed by atoms with van der Waals surface area (Å²) in [6.45, 7) is 8.11. The van der Waals surface area contributed by atoms with Crippen molar-refractivity contribution in [3.8, 4) is 11.5 Å². The van der Waals surface area contributed by atoms with Crippen molar-refractivity contribution < 1.29 is 19.1 Å². The first kappa shape index (κ1) is 22.7. The van der Waals surface area contributed by atoms with Crippen molar-refractivity contribution in [2.45, 2.75) is 33.1 Å². The van der Waals surface area contributed by atoms with Crippen LogP contribution in [0.2, 0.25) is 0 Å². The molecule has 0 spiro atoms. The van der Waals surface area contributed by atoms with Crippen LogP contribution in [-0.4, -0.2) is 56.1 Å². The number of piperidine rings is 1. The van der Waals surface area contributed by atoms with Crippen molar-refractivity contribution in [1.82, 2.24) is 10.2 Å². The highest BCUT2D eigenvalue weighted by molar-refractivity contribution is 5.91. The van der Waals surface area contributed by atoms with Crippen molar-refractivity contribution >= 4 is 17.9 Å². The molecule has 1 aromatic carbocycles. The normalized spacial score (nSPS) is 17.2. The molecule has 7 heteroatoms. The van der Waals surface area contributed by atoms with Crippen LogP contribution in [-0.2, 0) is 9.59 Å². The Kier molecular flexibility index (Phi) is 9.50. The average molecular weight is 404 g/mol. The molecular formula is C22H33N3O4. The Morgan fingerprint density at radius 3 is 2.72 bits per heavy atom. The molecule has 1 unspecified atom stereocenters. The molecule has 2 rings (SSSR count). The molecule has 160 valence electrons. The highest BCUT2D eigenvalue weighted by atomic mass is 16.5.